The van der Waals surface area contributed by atoms with Crippen molar-refractivity contribution in [1.29, 1.82) is 0 Å². The minimum absolute atomic E-state index is 0.0234. The van der Waals surface area contributed by atoms with Gasteiger partial charge in [0.15, 0.2) is 0 Å². The van der Waals surface area contributed by atoms with Crippen LogP contribution in [0.5, 0.6) is 5.75 Å². The van der Waals surface area contributed by atoms with Gasteiger partial charge in [0.05, 0.1) is 19.0 Å². The smallest absolute Gasteiger partial charge is 0.212 e. The second kappa shape index (κ2) is 8.98. The van der Waals surface area contributed by atoms with E-state index in [4.69, 9.17) is 14.2 Å². The molecule has 1 fully saturated rings. The fourth-order valence-corrected chi connectivity index (χ4v) is 3.67. The Labute approximate surface area is 150 Å². The SMILES string of the molecule is COCOCCCS(=O)(=O)N[C@H](C)c1cccc(OCC2(C)CC2)c1. The van der Waals surface area contributed by atoms with Crippen LogP contribution in [-0.4, -0.2) is 41.3 Å². The monoisotopic (exact) mass is 371 g/mol. The minimum Gasteiger partial charge on any atom is -0.493 e. The van der Waals surface area contributed by atoms with E-state index in [1.807, 2.05) is 31.2 Å². The Morgan fingerprint density at radius 3 is 2.76 bits per heavy atom. The van der Waals surface area contributed by atoms with Crippen molar-refractivity contribution >= 4 is 10.0 Å². The maximum atomic E-state index is 12.2. The lowest BCUT2D eigenvalue weighted by molar-refractivity contribution is -0.0298. The quantitative estimate of drug-likeness (QED) is 0.452. The third-order valence-corrected chi connectivity index (χ3v) is 5.85. The number of sulfonamides is 1. The van der Waals surface area contributed by atoms with Crippen LogP contribution in [0.3, 0.4) is 0 Å². The molecule has 25 heavy (non-hydrogen) atoms. The van der Waals surface area contributed by atoms with Gasteiger partial charge in [-0.05, 0) is 43.9 Å². The van der Waals surface area contributed by atoms with E-state index in [2.05, 4.69) is 11.6 Å². The summed E-state index contributed by atoms with van der Waals surface area (Å²) in [6, 6.07) is 7.29. The van der Waals surface area contributed by atoms with Crippen LogP contribution in [0.1, 0.15) is 44.7 Å². The number of rotatable bonds is 12. The van der Waals surface area contributed by atoms with E-state index in [9.17, 15) is 8.42 Å². The summed E-state index contributed by atoms with van der Waals surface area (Å²) < 4.78 is 42.8. The maximum absolute atomic E-state index is 12.2. The molecule has 1 aliphatic carbocycles. The molecule has 0 spiro atoms. The van der Waals surface area contributed by atoms with Crippen LogP contribution in [0.2, 0.25) is 0 Å². The summed E-state index contributed by atoms with van der Waals surface area (Å²) in [7, 11) is -1.84. The molecule has 0 heterocycles. The molecule has 0 unspecified atom stereocenters. The third-order valence-electron chi connectivity index (χ3n) is 4.31. The summed E-state index contributed by atoms with van der Waals surface area (Å²) in [5.74, 6) is 0.805. The van der Waals surface area contributed by atoms with E-state index in [0.717, 1.165) is 11.3 Å². The Morgan fingerprint density at radius 2 is 2.08 bits per heavy atom. The molecule has 1 aromatic carbocycles. The lowest BCUT2D eigenvalue weighted by atomic mass is 10.1. The lowest BCUT2D eigenvalue weighted by Crippen LogP contribution is -2.29. The zero-order valence-corrected chi connectivity index (χ0v) is 16.1. The van der Waals surface area contributed by atoms with Gasteiger partial charge in [0, 0.05) is 18.6 Å². The largest absolute Gasteiger partial charge is 0.493 e. The summed E-state index contributed by atoms with van der Waals surface area (Å²) in [4.78, 5) is 0. The molecule has 2 rings (SSSR count). The second-order valence-corrected chi connectivity index (χ2v) is 8.87. The molecular weight excluding hydrogens is 342 g/mol. The molecule has 0 bridgehead atoms. The van der Waals surface area contributed by atoms with Crippen LogP contribution < -0.4 is 9.46 Å². The van der Waals surface area contributed by atoms with Gasteiger partial charge >= 0.3 is 0 Å². The van der Waals surface area contributed by atoms with Crippen molar-refractivity contribution in [2.24, 2.45) is 5.41 Å². The van der Waals surface area contributed by atoms with Crippen LogP contribution in [0.4, 0.5) is 0 Å². The molecule has 142 valence electrons. The Hall–Kier alpha value is -1.15. The molecule has 1 aromatic rings. The molecule has 0 amide bonds. The Kier molecular flexibility index (Phi) is 7.25. The summed E-state index contributed by atoms with van der Waals surface area (Å²) in [5.41, 5.74) is 1.20. The van der Waals surface area contributed by atoms with E-state index in [1.54, 1.807) is 0 Å². The number of nitrogens with one attached hydrogen (secondary N) is 1. The first-order valence-corrected chi connectivity index (χ1v) is 10.3. The first-order valence-electron chi connectivity index (χ1n) is 8.63. The number of hydrogen-bond acceptors (Lipinski definition) is 5. The molecule has 6 nitrogen and oxygen atoms in total. The zero-order valence-electron chi connectivity index (χ0n) is 15.3. The lowest BCUT2D eigenvalue weighted by Gasteiger charge is -2.17. The molecule has 1 aliphatic rings. The van der Waals surface area contributed by atoms with E-state index in [1.165, 1.54) is 20.0 Å². The Balaban J connectivity index is 1.83. The molecule has 1 N–H and O–H groups in total. The van der Waals surface area contributed by atoms with Gasteiger partial charge in [-0.25, -0.2) is 13.1 Å². The number of hydrogen-bond donors (Lipinski definition) is 1. The second-order valence-electron chi connectivity index (χ2n) is 7.00. The standard InChI is InChI=1S/C18H29NO5S/c1-15(19-25(20,21)11-5-10-23-14-22-3)16-6-4-7-17(12-16)24-13-18(2)8-9-18/h4,6-7,12,15,19H,5,8-11,13-14H2,1-3H3/t15-/m1/s1. The van der Waals surface area contributed by atoms with Gasteiger partial charge < -0.3 is 14.2 Å². The summed E-state index contributed by atoms with van der Waals surface area (Å²) in [6.45, 7) is 5.28. The average molecular weight is 371 g/mol. The van der Waals surface area contributed by atoms with Crippen molar-refractivity contribution in [2.75, 3.05) is 32.9 Å². The van der Waals surface area contributed by atoms with Crippen molar-refractivity contribution in [3.63, 3.8) is 0 Å². The first-order chi connectivity index (χ1) is 11.8. The fraction of sp³-hybridized carbons (Fsp3) is 0.667. The van der Waals surface area contributed by atoms with E-state index in [0.29, 0.717) is 25.0 Å². The van der Waals surface area contributed by atoms with Gasteiger partial charge in [-0.2, -0.15) is 0 Å². The van der Waals surface area contributed by atoms with Crippen molar-refractivity contribution in [2.45, 2.75) is 39.2 Å². The first kappa shape index (κ1) is 20.2. The van der Waals surface area contributed by atoms with E-state index < -0.39 is 10.0 Å². The molecule has 0 aromatic heterocycles. The van der Waals surface area contributed by atoms with Crippen LogP contribution in [0.15, 0.2) is 24.3 Å². The molecule has 0 aliphatic heterocycles. The van der Waals surface area contributed by atoms with Gasteiger partial charge in [0.25, 0.3) is 0 Å². The van der Waals surface area contributed by atoms with Gasteiger partial charge in [-0.3, -0.25) is 0 Å². The molecule has 1 atom stereocenters. The summed E-state index contributed by atoms with van der Waals surface area (Å²) in [6.07, 6.45) is 2.83. The molecule has 1 saturated carbocycles. The summed E-state index contributed by atoms with van der Waals surface area (Å²) >= 11 is 0. The number of methoxy groups -OCH3 is 1. The van der Waals surface area contributed by atoms with Crippen molar-refractivity contribution in [1.82, 2.24) is 4.72 Å². The van der Waals surface area contributed by atoms with Crippen LogP contribution in [0.25, 0.3) is 0 Å². The van der Waals surface area contributed by atoms with E-state index in [-0.39, 0.29) is 18.6 Å². The molecule has 7 heteroatoms. The van der Waals surface area contributed by atoms with Crippen LogP contribution in [0, 0.1) is 5.41 Å². The van der Waals surface area contributed by atoms with Gasteiger partial charge in [-0.1, -0.05) is 19.1 Å². The minimum atomic E-state index is -3.37. The van der Waals surface area contributed by atoms with Gasteiger partial charge in [0.1, 0.15) is 12.5 Å². The van der Waals surface area contributed by atoms with Gasteiger partial charge in [-0.15, -0.1) is 0 Å². The fourth-order valence-electron chi connectivity index (χ4n) is 2.38. The highest BCUT2D eigenvalue weighted by atomic mass is 32.2. The predicted octanol–water partition coefficient (Wildman–Crippen LogP) is 2.86. The topological polar surface area (TPSA) is 73.9 Å². The van der Waals surface area contributed by atoms with Crippen molar-refractivity contribution in [3.8, 4) is 5.75 Å². The number of benzene rings is 1. The van der Waals surface area contributed by atoms with E-state index >= 15 is 0 Å². The van der Waals surface area contributed by atoms with Crippen molar-refractivity contribution in [3.05, 3.63) is 29.8 Å². The third kappa shape index (κ3) is 7.32. The molecule has 0 saturated heterocycles. The molecular formula is C18H29NO5S. The summed E-state index contributed by atoms with van der Waals surface area (Å²) in [5, 5.41) is 0. The predicted molar refractivity (Wildman–Crippen MR) is 97.1 cm³/mol. The van der Waals surface area contributed by atoms with Crippen LogP contribution >= 0.6 is 0 Å². The maximum Gasteiger partial charge on any atom is 0.212 e. The normalized spacial score (nSPS) is 17.2. The van der Waals surface area contributed by atoms with Gasteiger partial charge in [0.2, 0.25) is 10.0 Å². The van der Waals surface area contributed by atoms with Crippen molar-refractivity contribution < 1.29 is 22.6 Å². The number of ether oxygens (including phenoxy) is 3. The highest BCUT2D eigenvalue weighted by molar-refractivity contribution is 7.89. The highest BCUT2D eigenvalue weighted by Gasteiger charge is 2.38. The molecule has 0 radical (unpaired) electrons. The zero-order chi connectivity index (χ0) is 18.3. The Morgan fingerprint density at radius 1 is 1.32 bits per heavy atom. The Bertz CT molecular complexity index is 643. The average Bonchev–Trinajstić information content (AvgIpc) is 3.31. The highest BCUT2D eigenvalue weighted by Crippen LogP contribution is 2.45. The van der Waals surface area contributed by atoms with Crippen LogP contribution in [-0.2, 0) is 19.5 Å².